The average Bonchev–Trinajstić information content (AvgIpc) is 3.34. The van der Waals surface area contributed by atoms with Gasteiger partial charge in [0.25, 0.3) is 5.56 Å². The predicted octanol–water partition coefficient (Wildman–Crippen LogP) is 4.76. The van der Waals surface area contributed by atoms with Crippen molar-refractivity contribution >= 4 is 17.4 Å². The first-order valence-corrected chi connectivity index (χ1v) is 12.1. The van der Waals surface area contributed by atoms with Crippen molar-refractivity contribution in [3.05, 3.63) is 74.1 Å². The lowest BCUT2D eigenvalue weighted by atomic mass is 9.84. The van der Waals surface area contributed by atoms with Crippen molar-refractivity contribution < 1.29 is 0 Å². The van der Waals surface area contributed by atoms with E-state index in [1.807, 2.05) is 13.0 Å². The molecule has 1 aliphatic heterocycles. The van der Waals surface area contributed by atoms with Gasteiger partial charge in [0.05, 0.1) is 0 Å². The van der Waals surface area contributed by atoms with Gasteiger partial charge in [0.15, 0.2) is 11.5 Å². The second-order valence-electron chi connectivity index (χ2n) is 9.70. The Morgan fingerprint density at radius 2 is 1.94 bits per heavy atom. The van der Waals surface area contributed by atoms with E-state index in [1.54, 1.807) is 0 Å². The molecule has 0 radical (unpaired) electrons. The van der Waals surface area contributed by atoms with E-state index in [0.717, 1.165) is 36.6 Å². The summed E-state index contributed by atoms with van der Waals surface area (Å²) in [6.07, 6.45) is 8.19. The molecule has 0 fully saturated rings. The minimum atomic E-state index is -0.394. The minimum absolute atomic E-state index is 0.123. The molecule has 6 heteroatoms. The molecule has 3 aromatic rings. The van der Waals surface area contributed by atoms with E-state index >= 15 is 0 Å². The third-order valence-electron chi connectivity index (χ3n) is 7.27. The van der Waals surface area contributed by atoms with E-state index in [0.29, 0.717) is 17.0 Å². The van der Waals surface area contributed by atoms with Gasteiger partial charge in [0, 0.05) is 35.0 Å². The number of fused-ring (bicyclic) bond motifs is 2. The number of unbranched alkanes of at least 4 members (excludes halogenated alkanes) is 1. The molecule has 0 saturated heterocycles. The average molecular weight is 456 g/mol. The van der Waals surface area contributed by atoms with Crippen molar-refractivity contribution in [1.29, 1.82) is 5.26 Å². The number of allylic oxidation sites excluding steroid dienone is 2. The molecule has 2 aromatic heterocycles. The topological polar surface area (TPSA) is 74.3 Å². The van der Waals surface area contributed by atoms with Crippen molar-refractivity contribution in [2.75, 3.05) is 11.9 Å². The third-order valence-corrected chi connectivity index (χ3v) is 7.27. The first kappa shape index (κ1) is 23.7. The number of aromatic nitrogens is 3. The summed E-state index contributed by atoms with van der Waals surface area (Å²) in [6, 6.07) is 10.5. The molecule has 0 amide bonds. The van der Waals surface area contributed by atoms with Crippen LogP contribution in [0.1, 0.15) is 81.8 Å². The fourth-order valence-electron chi connectivity index (χ4n) is 5.15. The second-order valence-corrected chi connectivity index (χ2v) is 9.70. The van der Waals surface area contributed by atoms with E-state index < -0.39 is 5.56 Å². The molecule has 4 rings (SSSR count). The quantitative estimate of drug-likeness (QED) is 0.536. The van der Waals surface area contributed by atoms with Gasteiger partial charge in [-0.1, -0.05) is 58.7 Å². The Kier molecular flexibility index (Phi) is 6.31. The maximum atomic E-state index is 13.0. The molecule has 1 aromatic carbocycles. The predicted molar refractivity (Wildman–Crippen MR) is 137 cm³/mol. The monoisotopic (exact) mass is 455 g/mol. The molecule has 1 atom stereocenters. The fraction of sp³-hybridized carbons (Fsp3) is 0.429. The Labute approximate surface area is 201 Å². The molecule has 6 nitrogen and oxygen atoms in total. The number of hydrogen-bond acceptors (Lipinski definition) is 5. The summed E-state index contributed by atoms with van der Waals surface area (Å²) < 4.78 is 1.33. The fourth-order valence-corrected chi connectivity index (χ4v) is 5.15. The van der Waals surface area contributed by atoms with Crippen LogP contribution in [0.3, 0.4) is 0 Å². The maximum absolute atomic E-state index is 13.0. The number of pyridine rings is 1. The molecule has 0 bridgehead atoms. The molecule has 1 aliphatic rings. The zero-order valence-electron chi connectivity index (χ0n) is 21.0. The lowest BCUT2D eigenvalue weighted by molar-refractivity contribution is 0.542. The van der Waals surface area contributed by atoms with Crippen LogP contribution in [0.15, 0.2) is 40.8 Å². The highest BCUT2D eigenvalue weighted by Crippen LogP contribution is 2.46. The first-order chi connectivity index (χ1) is 16.3. The first-order valence-electron chi connectivity index (χ1n) is 12.1. The SMILES string of the molecule is CCCCC(CC)c1nc2/c(=C\C=C3\N(C)c4ccccc4C3(C)C)c(C)c(C#N)c(=O)n2n1. The van der Waals surface area contributed by atoms with Crippen molar-refractivity contribution in [2.24, 2.45) is 0 Å². The molecule has 176 valence electrons. The number of likely N-dealkylation sites (N-methyl/N-ethyl adjacent to an activating group) is 1. The number of nitriles is 1. The van der Waals surface area contributed by atoms with Gasteiger partial charge in [-0.2, -0.15) is 9.78 Å². The Morgan fingerprint density at radius 3 is 2.59 bits per heavy atom. The van der Waals surface area contributed by atoms with Gasteiger partial charge in [0.1, 0.15) is 11.6 Å². The highest BCUT2D eigenvalue weighted by atomic mass is 16.1. The van der Waals surface area contributed by atoms with Crippen LogP contribution in [-0.4, -0.2) is 21.6 Å². The third kappa shape index (κ3) is 3.69. The summed E-state index contributed by atoms with van der Waals surface area (Å²) in [7, 11) is 2.08. The molecule has 1 unspecified atom stereocenters. The lowest BCUT2D eigenvalue weighted by Gasteiger charge is -2.23. The van der Waals surface area contributed by atoms with E-state index in [2.05, 4.69) is 81.2 Å². The minimum Gasteiger partial charge on any atom is -0.347 e. The van der Waals surface area contributed by atoms with Crippen molar-refractivity contribution in [2.45, 2.75) is 71.6 Å². The molecule has 34 heavy (non-hydrogen) atoms. The maximum Gasteiger partial charge on any atom is 0.291 e. The number of para-hydroxylation sites is 1. The highest BCUT2D eigenvalue weighted by Gasteiger charge is 2.37. The molecule has 0 saturated carbocycles. The number of hydrogen-bond donors (Lipinski definition) is 0. The van der Waals surface area contributed by atoms with Crippen LogP contribution < -0.4 is 15.7 Å². The zero-order chi connectivity index (χ0) is 24.6. The van der Waals surface area contributed by atoms with E-state index in [1.165, 1.54) is 15.8 Å². The Bertz CT molecular complexity index is 1420. The summed E-state index contributed by atoms with van der Waals surface area (Å²) in [5, 5.41) is 15.1. The van der Waals surface area contributed by atoms with Crippen LogP contribution in [0.4, 0.5) is 5.69 Å². The summed E-state index contributed by atoms with van der Waals surface area (Å²) in [5.41, 5.74) is 4.34. The van der Waals surface area contributed by atoms with Gasteiger partial charge in [-0.05, 0) is 49.1 Å². The number of anilines is 1. The van der Waals surface area contributed by atoms with Crippen LogP contribution in [0, 0.1) is 18.3 Å². The van der Waals surface area contributed by atoms with E-state index in [4.69, 9.17) is 4.98 Å². The summed E-state index contributed by atoms with van der Waals surface area (Å²) in [6.45, 7) is 10.6. The van der Waals surface area contributed by atoms with E-state index in [9.17, 15) is 10.1 Å². The standard InChI is InChI=1S/C28H33N5O/c1-7-9-12-19(8-2)25-30-26-20(18(3)21(17-29)27(34)33(26)31-25)15-16-24-28(4,5)22-13-10-11-14-23(22)32(24)6/h10-11,13-16,19H,7-9,12H2,1-6H3/b20-15-,24-16+. The second kappa shape index (κ2) is 9.06. The zero-order valence-corrected chi connectivity index (χ0v) is 21.0. The van der Waals surface area contributed by atoms with Crippen molar-refractivity contribution in [3.8, 4) is 6.07 Å². The Balaban J connectivity index is 1.94. The van der Waals surface area contributed by atoms with E-state index in [-0.39, 0.29) is 16.9 Å². The highest BCUT2D eigenvalue weighted by molar-refractivity contribution is 5.72. The molecule has 0 spiro atoms. The van der Waals surface area contributed by atoms with Crippen LogP contribution in [0.25, 0.3) is 11.7 Å². The van der Waals surface area contributed by atoms with Crippen LogP contribution in [0.2, 0.25) is 0 Å². The van der Waals surface area contributed by atoms with Crippen molar-refractivity contribution in [1.82, 2.24) is 14.6 Å². The van der Waals surface area contributed by atoms with Gasteiger partial charge in [-0.3, -0.25) is 4.79 Å². The van der Waals surface area contributed by atoms with Crippen LogP contribution >= 0.6 is 0 Å². The molecular formula is C28H33N5O. The lowest BCUT2D eigenvalue weighted by Crippen LogP contribution is -2.27. The number of benzene rings is 1. The van der Waals surface area contributed by atoms with Crippen LogP contribution in [0.5, 0.6) is 0 Å². The van der Waals surface area contributed by atoms with Gasteiger partial charge < -0.3 is 4.90 Å². The Morgan fingerprint density at radius 1 is 1.21 bits per heavy atom. The Hall–Kier alpha value is -3.46. The summed E-state index contributed by atoms with van der Waals surface area (Å²) in [4.78, 5) is 20.1. The molecule has 0 aliphatic carbocycles. The smallest absolute Gasteiger partial charge is 0.291 e. The normalized spacial score (nSPS) is 17.4. The molecule has 3 heterocycles. The van der Waals surface area contributed by atoms with Gasteiger partial charge in [-0.15, -0.1) is 5.10 Å². The number of nitrogens with zero attached hydrogens (tertiary/aromatic N) is 5. The molecule has 0 N–H and O–H groups in total. The van der Waals surface area contributed by atoms with Gasteiger partial charge in [0.2, 0.25) is 0 Å². The van der Waals surface area contributed by atoms with Gasteiger partial charge in [-0.25, -0.2) is 4.98 Å². The molecular weight excluding hydrogens is 422 g/mol. The van der Waals surface area contributed by atoms with Crippen molar-refractivity contribution in [3.63, 3.8) is 0 Å². The largest absolute Gasteiger partial charge is 0.347 e. The van der Waals surface area contributed by atoms with Crippen LogP contribution in [-0.2, 0) is 5.41 Å². The van der Waals surface area contributed by atoms with Gasteiger partial charge >= 0.3 is 0 Å². The number of rotatable bonds is 6. The summed E-state index contributed by atoms with van der Waals surface area (Å²) in [5.74, 6) is 0.890. The summed E-state index contributed by atoms with van der Waals surface area (Å²) >= 11 is 0.